The number of amides is 2. The van der Waals surface area contributed by atoms with Gasteiger partial charge in [-0.2, -0.15) is 0 Å². The maximum Gasteiger partial charge on any atom is 0.233 e. The van der Waals surface area contributed by atoms with Crippen molar-refractivity contribution in [2.24, 2.45) is 0 Å². The van der Waals surface area contributed by atoms with Crippen molar-refractivity contribution in [3.63, 3.8) is 0 Å². The van der Waals surface area contributed by atoms with Crippen molar-refractivity contribution in [3.8, 4) is 5.75 Å². The van der Waals surface area contributed by atoms with E-state index in [4.69, 9.17) is 23.2 Å². The number of phenols is 1. The molecule has 0 saturated heterocycles. The molecule has 1 heterocycles. The lowest BCUT2D eigenvalue weighted by atomic mass is 10.1. The standard InChI is InChI=1S/C16H15Cl2N3O3/c17-13-6-5-12(16(18)21-13)20-15(24)9-14(23)19-8-7-10-1-3-11(22)4-2-10/h1-6,22H,7-9H2,(H,19,23)(H,20,24). The smallest absolute Gasteiger partial charge is 0.233 e. The third kappa shape index (κ3) is 5.72. The second kappa shape index (κ2) is 8.52. The number of carbonyl (C=O) groups is 2. The van der Waals surface area contributed by atoms with Crippen molar-refractivity contribution >= 4 is 40.7 Å². The second-order valence-corrected chi connectivity index (χ2v) is 5.71. The molecule has 1 aromatic carbocycles. The quantitative estimate of drug-likeness (QED) is 0.540. The van der Waals surface area contributed by atoms with E-state index in [1.54, 1.807) is 24.3 Å². The minimum Gasteiger partial charge on any atom is -0.508 e. The van der Waals surface area contributed by atoms with Crippen LogP contribution >= 0.6 is 23.2 Å². The van der Waals surface area contributed by atoms with Crippen LogP contribution in [0.1, 0.15) is 12.0 Å². The SMILES string of the molecule is O=C(CC(=O)Nc1ccc(Cl)nc1Cl)NCCc1ccc(O)cc1. The van der Waals surface area contributed by atoms with Crippen molar-refractivity contribution in [1.29, 1.82) is 0 Å². The van der Waals surface area contributed by atoms with E-state index < -0.39 is 11.8 Å². The van der Waals surface area contributed by atoms with Gasteiger partial charge in [-0.15, -0.1) is 0 Å². The molecule has 0 spiro atoms. The van der Waals surface area contributed by atoms with E-state index in [9.17, 15) is 14.7 Å². The fourth-order valence-corrected chi connectivity index (χ4v) is 2.31. The molecule has 2 amide bonds. The van der Waals surface area contributed by atoms with Gasteiger partial charge in [-0.3, -0.25) is 9.59 Å². The molecule has 2 aromatic rings. The Morgan fingerprint density at radius 3 is 2.42 bits per heavy atom. The van der Waals surface area contributed by atoms with Gasteiger partial charge >= 0.3 is 0 Å². The molecule has 3 N–H and O–H groups in total. The van der Waals surface area contributed by atoms with Gasteiger partial charge < -0.3 is 15.7 Å². The number of pyridine rings is 1. The number of hydrogen-bond acceptors (Lipinski definition) is 4. The van der Waals surface area contributed by atoms with E-state index in [1.165, 1.54) is 12.1 Å². The average molecular weight is 368 g/mol. The van der Waals surface area contributed by atoms with Gasteiger partial charge in [-0.05, 0) is 36.2 Å². The summed E-state index contributed by atoms with van der Waals surface area (Å²) in [5.74, 6) is -0.706. The number of nitrogens with one attached hydrogen (secondary N) is 2. The number of rotatable bonds is 6. The Bertz CT molecular complexity index is 736. The zero-order valence-electron chi connectivity index (χ0n) is 12.6. The largest absolute Gasteiger partial charge is 0.508 e. The van der Waals surface area contributed by atoms with Crippen molar-refractivity contribution in [3.05, 3.63) is 52.3 Å². The minimum atomic E-state index is -0.497. The Balaban J connectivity index is 1.75. The van der Waals surface area contributed by atoms with Gasteiger partial charge in [0.1, 0.15) is 17.3 Å². The van der Waals surface area contributed by atoms with Crippen LogP contribution in [0, 0.1) is 0 Å². The van der Waals surface area contributed by atoms with E-state index in [-0.39, 0.29) is 22.5 Å². The summed E-state index contributed by atoms with van der Waals surface area (Å²) in [5, 5.41) is 14.6. The molecular formula is C16H15Cl2N3O3. The molecule has 24 heavy (non-hydrogen) atoms. The zero-order chi connectivity index (χ0) is 17.5. The monoisotopic (exact) mass is 367 g/mol. The predicted molar refractivity (Wildman–Crippen MR) is 92.3 cm³/mol. The average Bonchev–Trinajstić information content (AvgIpc) is 2.52. The highest BCUT2D eigenvalue weighted by atomic mass is 35.5. The normalized spacial score (nSPS) is 10.2. The fraction of sp³-hybridized carbons (Fsp3) is 0.188. The summed E-state index contributed by atoms with van der Waals surface area (Å²) in [6, 6.07) is 9.69. The van der Waals surface area contributed by atoms with Gasteiger partial charge in [0.25, 0.3) is 0 Å². The molecule has 0 aliphatic rings. The minimum absolute atomic E-state index is 0.0589. The van der Waals surface area contributed by atoms with Crippen LogP contribution in [0.5, 0.6) is 5.75 Å². The van der Waals surface area contributed by atoms with Gasteiger partial charge in [0.2, 0.25) is 11.8 Å². The summed E-state index contributed by atoms with van der Waals surface area (Å²) in [5.41, 5.74) is 1.26. The van der Waals surface area contributed by atoms with Crippen LogP contribution in [-0.4, -0.2) is 28.4 Å². The molecule has 126 valence electrons. The summed E-state index contributed by atoms with van der Waals surface area (Å²) < 4.78 is 0. The molecule has 0 radical (unpaired) electrons. The number of phenolic OH excluding ortho intramolecular Hbond substituents is 1. The molecule has 0 bridgehead atoms. The Kier molecular flexibility index (Phi) is 6.40. The highest BCUT2D eigenvalue weighted by Crippen LogP contribution is 2.21. The first-order valence-electron chi connectivity index (χ1n) is 7.10. The molecule has 1 aromatic heterocycles. The van der Waals surface area contributed by atoms with E-state index in [0.29, 0.717) is 18.7 Å². The number of benzene rings is 1. The van der Waals surface area contributed by atoms with Gasteiger partial charge in [0.05, 0.1) is 5.69 Å². The summed E-state index contributed by atoms with van der Waals surface area (Å²) in [6.45, 7) is 0.389. The first-order valence-corrected chi connectivity index (χ1v) is 7.86. The topological polar surface area (TPSA) is 91.3 Å². The van der Waals surface area contributed by atoms with Crippen LogP contribution in [-0.2, 0) is 16.0 Å². The molecule has 0 atom stereocenters. The lowest BCUT2D eigenvalue weighted by Gasteiger charge is -2.08. The Morgan fingerprint density at radius 2 is 1.75 bits per heavy atom. The number of hydrogen-bond donors (Lipinski definition) is 3. The third-order valence-electron chi connectivity index (χ3n) is 3.08. The summed E-state index contributed by atoms with van der Waals surface area (Å²) in [4.78, 5) is 27.3. The fourth-order valence-electron chi connectivity index (χ4n) is 1.92. The van der Waals surface area contributed by atoms with Gasteiger partial charge in [-0.25, -0.2) is 4.98 Å². The molecule has 0 fully saturated rings. The van der Waals surface area contributed by atoms with Crippen molar-refractivity contribution in [1.82, 2.24) is 10.3 Å². The van der Waals surface area contributed by atoms with Crippen LogP contribution in [0.4, 0.5) is 5.69 Å². The second-order valence-electron chi connectivity index (χ2n) is 4.96. The maximum atomic E-state index is 11.8. The molecule has 0 unspecified atom stereocenters. The number of anilines is 1. The number of halogens is 2. The predicted octanol–water partition coefficient (Wildman–Crippen LogP) is 2.78. The molecule has 0 saturated carbocycles. The highest BCUT2D eigenvalue weighted by Gasteiger charge is 2.11. The zero-order valence-corrected chi connectivity index (χ0v) is 14.1. The highest BCUT2D eigenvalue weighted by molar-refractivity contribution is 6.34. The van der Waals surface area contributed by atoms with Gasteiger partial charge in [0.15, 0.2) is 5.15 Å². The number of carbonyl (C=O) groups excluding carboxylic acids is 2. The van der Waals surface area contributed by atoms with E-state index in [1.807, 2.05) is 0 Å². The molecule has 6 nitrogen and oxygen atoms in total. The lowest BCUT2D eigenvalue weighted by molar-refractivity contribution is -0.126. The molecule has 2 rings (SSSR count). The first kappa shape index (κ1) is 18.0. The van der Waals surface area contributed by atoms with E-state index >= 15 is 0 Å². The van der Waals surface area contributed by atoms with Gasteiger partial charge in [-0.1, -0.05) is 35.3 Å². The molecule has 8 heteroatoms. The molecule has 0 aliphatic carbocycles. The van der Waals surface area contributed by atoms with E-state index in [0.717, 1.165) is 5.56 Å². The van der Waals surface area contributed by atoms with Crippen molar-refractivity contribution in [2.75, 3.05) is 11.9 Å². The Labute approximate surface area is 148 Å². The van der Waals surface area contributed by atoms with E-state index in [2.05, 4.69) is 15.6 Å². The summed E-state index contributed by atoms with van der Waals surface area (Å²) >= 11 is 11.5. The number of aromatic nitrogens is 1. The first-order chi connectivity index (χ1) is 11.4. The van der Waals surface area contributed by atoms with Crippen molar-refractivity contribution in [2.45, 2.75) is 12.8 Å². The van der Waals surface area contributed by atoms with Gasteiger partial charge in [0, 0.05) is 6.54 Å². The summed E-state index contributed by atoms with van der Waals surface area (Å²) in [7, 11) is 0. The lowest BCUT2D eigenvalue weighted by Crippen LogP contribution is -2.29. The van der Waals surface area contributed by atoms with Crippen LogP contribution < -0.4 is 10.6 Å². The Hall–Kier alpha value is -2.31. The number of aromatic hydroxyl groups is 1. The van der Waals surface area contributed by atoms with Crippen LogP contribution in [0.15, 0.2) is 36.4 Å². The van der Waals surface area contributed by atoms with Crippen molar-refractivity contribution < 1.29 is 14.7 Å². The Morgan fingerprint density at radius 1 is 1.04 bits per heavy atom. The van der Waals surface area contributed by atoms with Crippen LogP contribution in [0.25, 0.3) is 0 Å². The summed E-state index contributed by atoms with van der Waals surface area (Å²) in [6.07, 6.45) is 0.273. The molecular weight excluding hydrogens is 353 g/mol. The maximum absolute atomic E-state index is 11.8. The number of nitrogens with zero attached hydrogens (tertiary/aromatic N) is 1. The third-order valence-corrected chi connectivity index (χ3v) is 3.58. The van der Waals surface area contributed by atoms with Crippen LogP contribution in [0.3, 0.4) is 0 Å². The molecule has 0 aliphatic heterocycles. The van der Waals surface area contributed by atoms with Crippen LogP contribution in [0.2, 0.25) is 10.3 Å².